The molecule has 0 spiro atoms. The number of benzene rings is 3. The van der Waals surface area contributed by atoms with E-state index in [1.807, 2.05) is 31.1 Å². The fourth-order valence-corrected chi connectivity index (χ4v) is 4.22. The number of unbranched alkanes of at least 4 members (excludes halogenated alkanes) is 2. The van der Waals surface area contributed by atoms with E-state index in [2.05, 4.69) is 77.4 Å². The lowest BCUT2D eigenvalue weighted by molar-refractivity contribution is 0.219. The summed E-state index contributed by atoms with van der Waals surface area (Å²) in [5, 5.41) is 0. The quantitative estimate of drug-likeness (QED) is 0.138. The van der Waals surface area contributed by atoms with Crippen LogP contribution in [0.1, 0.15) is 32.6 Å². The molecule has 0 unspecified atom stereocenters. The molecule has 4 aromatic rings. The van der Waals surface area contributed by atoms with Gasteiger partial charge in [0.05, 0.1) is 18.0 Å². The number of hydrogen-bond acceptors (Lipinski definition) is 3. The van der Waals surface area contributed by atoms with E-state index in [9.17, 15) is 4.79 Å². The first-order chi connectivity index (χ1) is 16.8. The number of carbonyl (C=O) groups excluding carboxylic acids is 1. The number of rotatable bonds is 11. The molecule has 0 saturated carbocycles. The van der Waals surface area contributed by atoms with Crippen molar-refractivity contribution in [3.05, 3.63) is 96.8 Å². The average Bonchev–Trinajstić information content (AvgIpc) is 3.29. The second-order valence-corrected chi connectivity index (χ2v) is 8.15. The van der Waals surface area contributed by atoms with Crippen LogP contribution in [0.4, 0.5) is 0 Å². The van der Waals surface area contributed by atoms with Gasteiger partial charge in [0.2, 0.25) is 0 Å². The molecule has 0 bridgehead atoms. The van der Waals surface area contributed by atoms with Crippen LogP contribution in [0, 0.1) is 0 Å². The second-order valence-electron chi connectivity index (χ2n) is 8.15. The minimum atomic E-state index is 0.423. The summed E-state index contributed by atoms with van der Waals surface area (Å²) in [5.74, 6) is 3.32. The molecule has 0 aliphatic rings. The zero-order valence-electron chi connectivity index (χ0n) is 19.6. The second kappa shape index (κ2) is 11.8. The van der Waals surface area contributed by atoms with E-state index in [0.717, 1.165) is 59.7 Å². The lowest BCUT2D eigenvalue weighted by atomic mass is 10.0. The van der Waals surface area contributed by atoms with Gasteiger partial charge in [-0.15, -0.1) is 0 Å². The molecular weight excluding hydrogens is 420 g/mol. The molecule has 34 heavy (non-hydrogen) atoms. The predicted octanol–water partition coefficient (Wildman–Crippen LogP) is 7.20. The van der Waals surface area contributed by atoms with Crippen LogP contribution in [0.3, 0.4) is 0 Å². The van der Waals surface area contributed by atoms with Gasteiger partial charge >= 0.3 is 0 Å². The van der Waals surface area contributed by atoms with Gasteiger partial charge in [0, 0.05) is 29.7 Å². The first-order valence-electron chi connectivity index (χ1n) is 12.0. The van der Waals surface area contributed by atoms with Gasteiger partial charge in [0.1, 0.15) is 5.82 Å². The molecule has 4 heteroatoms. The summed E-state index contributed by atoms with van der Waals surface area (Å²) >= 11 is 0. The van der Waals surface area contributed by atoms with Gasteiger partial charge in [0.15, 0.2) is 11.7 Å². The maximum Gasteiger partial charge on any atom is 0.179 e. The Morgan fingerprint density at radius 1 is 0.794 bits per heavy atom. The summed E-state index contributed by atoms with van der Waals surface area (Å²) in [6.07, 6.45) is 3.49. The summed E-state index contributed by atoms with van der Waals surface area (Å²) in [7, 11) is 0. The van der Waals surface area contributed by atoms with Crippen LogP contribution in [0.15, 0.2) is 96.8 Å². The van der Waals surface area contributed by atoms with Crippen LogP contribution in [-0.2, 0) is 16.1 Å². The van der Waals surface area contributed by atoms with Crippen LogP contribution < -0.4 is 0 Å². The van der Waals surface area contributed by atoms with E-state index in [-0.39, 0.29) is 0 Å². The molecule has 0 aliphatic heterocycles. The van der Waals surface area contributed by atoms with Gasteiger partial charge in [-0.05, 0) is 19.8 Å². The van der Waals surface area contributed by atoms with Gasteiger partial charge in [-0.2, -0.15) is 0 Å². The third kappa shape index (κ3) is 5.54. The van der Waals surface area contributed by atoms with Gasteiger partial charge in [-0.3, -0.25) is 0 Å². The molecule has 1 heterocycles. The highest BCUT2D eigenvalue weighted by Crippen LogP contribution is 2.36. The molecule has 0 saturated heterocycles. The predicted molar refractivity (Wildman–Crippen MR) is 138 cm³/mol. The Labute approximate surface area is 201 Å². The molecule has 3 aromatic carbocycles. The van der Waals surface area contributed by atoms with Crippen LogP contribution in [-0.4, -0.2) is 22.1 Å². The van der Waals surface area contributed by atoms with Crippen molar-refractivity contribution in [1.29, 1.82) is 0 Å². The number of hydrogen-bond donors (Lipinski definition) is 0. The summed E-state index contributed by atoms with van der Waals surface area (Å²) < 4.78 is 7.69. The monoisotopic (exact) mass is 450 g/mol. The molecule has 0 fully saturated rings. The molecule has 0 atom stereocenters. The number of allylic oxidation sites excluding steroid dienone is 1. The molecule has 4 nitrogen and oxygen atoms in total. The standard InChI is InChI=1S/C30H30N2O2/c1-2-34-27(23-33)21-13-6-14-22-32-29(25-17-9-4-10-18-25)28(24-15-7-3-8-16-24)31-30(32)26-19-11-5-12-20-26/h3-5,7-12,15-20H,2,6,13-14,21-22H2,1H3. The lowest BCUT2D eigenvalue weighted by Crippen LogP contribution is -2.04. The van der Waals surface area contributed by atoms with Crippen LogP contribution in [0.5, 0.6) is 0 Å². The number of ether oxygens (including phenoxy) is 1. The Bertz CT molecular complexity index is 1230. The Morgan fingerprint density at radius 3 is 1.97 bits per heavy atom. The third-order valence-electron chi connectivity index (χ3n) is 5.81. The fraction of sp³-hybridized carbons (Fsp3) is 0.233. The van der Waals surface area contributed by atoms with E-state index in [1.165, 1.54) is 0 Å². The van der Waals surface area contributed by atoms with E-state index >= 15 is 0 Å². The van der Waals surface area contributed by atoms with Crippen molar-refractivity contribution in [3.63, 3.8) is 0 Å². The van der Waals surface area contributed by atoms with E-state index in [1.54, 1.807) is 0 Å². The van der Waals surface area contributed by atoms with Crippen molar-refractivity contribution in [2.45, 2.75) is 39.2 Å². The van der Waals surface area contributed by atoms with Gasteiger partial charge in [-0.1, -0.05) is 97.4 Å². The van der Waals surface area contributed by atoms with Crippen molar-refractivity contribution < 1.29 is 9.53 Å². The summed E-state index contributed by atoms with van der Waals surface area (Å²) in [6.45, 7) is 3.22. The van der Waals surface area contributed by atoms with Crippen molar-refractivity contribution in [1.82, 2.24) is 9.55 Å². The minimum absolute atomic E-state index is 0.423. The largest absolute Gasteiger partial charge is 0.487 e. The highest BCUT2D eigenvalue weighted by molar-refractivity contribution is 5.82. The maximum absolute atomic E-state index is 11.0. The SMILES string of the molecule is CCOC(=C=O)CCCCCn1c(-c2ccccc2)nc(-c2ccccc2)c1-c1ccccc1. The minimum Gasteiger partial charge on any atom is -0.487 e. The van der Waals surface area contributed by atoms with Crippen molar-refractivity contribution in [3.8, 4) is 33.9 Å². The Balaban J connectivity index is 1.69. The van der Waals surface area contributed by atoms with E-state index in [0.29, 0.717) is 18.8 Å². The van der Waals surface area contributed by atoms with Crippen LogP contribution in [0.2, 0.25) is 0 Å². The maximum atomic E-state index is 11.0. The topological polar surface area (TPSA) is 44.1 Å². The van der Waals surface area contributed by atoms with Crippen molar-refractivity contribution in [2.24, 2.45) is 0 Å². The molecule has 1 aromatic heterocycles. The summed E-state index contributed by atoms with van der Waals surface area (Å²) in [5.41, 5.74) is 5.49. The molecule has 172 valence electrons. The Kier molecular flexibility index (Phi) is 8.10. The fourth-order valence-electron chi connectivity index (χ4n) is 4.22. The highest BCUT2D eigenvalue weighted by Gasteiger charge is 2.20. The number of imidazole rings is 1. The summed E-state index contributed by atoms with van der Waals surface area (Å²) in [4.78, 5) is 16.2. The van der Waals surface area contributed by atoms with Gasteiger partial charge in [0.25, 0.3) is 0 Å². The van der Waals surface area contributed by atoms with Gasteiger partial charge < -0.3 is 9.30 Å². The molecule has 4 rings (SSSR count). The Morgan fingerprint density at radius 2 is 1.38 bits per heavy atom. The molecule has 0 aliphatic carbocycles. The molecule has 0 N–H and O–H groups in total. The van der Waals surface area contributed by atoms with E-state index in [4.69, 9.17) is 9.72 Å². The smallest absolute Gasteiger partial charge is 0.179 e. The van der Waals surface area contributed by atoms with Crippen molar-refractivity contribution >= 4 is 5.94 Å². The third-order valence-corrected chi connectivity index (χ3v) is 5.81. The molecular formula is C30H30N2O2. The number of aromatic nitrogens is 2. The first-order valence-corrected chi connectivity index (χ1v) is 12.0. The first kappa shape index (κ1) is 23.3. The zero-order chi connectivity index (χ0) is 23.6. The molecule has 0 amide bonds. The zero-order valence-corrected chi connectivity index (χ0v) is 19.6. The van der Waals surface area contributed by atoms with Crippen molar-refractivity contribution in [2.75, 3.05) is 6.61 Å². The highest BCUT2D eigenvalue weighted by atomic mass is 16.5. The van der Waals surface area contributed by atoms with Gasteiger partial charge in [-0.25, -0.2) is 9.78 Å². The van der Waals surface area contributed by atoms with Crippen LogP contribution >= 0.6 is 0 Å². The van der Waals surface area contributed by atoms with E-state index < -0.39 is 0 Å². The summed E-state index contributed by atoms with van der Waals surface area (Å²) in [6, 6.07) is 31.3. The van der Waals surface area contributed by atoms with Crippen LogP contribution in [0.25, 0.3) is 33.9 Å². The molecule has 0 radical (unpaired) electrons. The average molecular weight is 451 g/mol. The Hall–Kier alpha value is -3.88. The lowest BCUT2D eigenvalue weighted by Gasteiger charge is -2.14. The number of nitrogens with zero attached hydrogens (tertiary/aromatic N) is 2. The normalized spacial score (nSPS) is 10.6.